The third kappa shape index (κ3) is 3.72. The van der Waals surface area contributed by atoms with E-state index in [-0.39, 0.29) is 23.6 Å². The summed E-state index contributed by atoms with van der Waals surface area (Å²) in [5.74, 6) is 1.39. The van der Waals surface area contributed by atoms with Crippen molar-refractivity contribution >= 4 is 22.6 Å². The van der Waals surface area contributed by atoms with E-state index < -0.39 is 0 Å². The summed E-state index contributed by atoms with van der Waals surface area (Å²) in [5.41, 5.74) is 2.20. The van der Waals surface area contributed by atoms with E-state index in [1.54, 1.807) is 14.2 Å². The van der Waals surface area contributed by atoms with Gasteiger partial charge in [0.15, 0.2) is 0 Å². The first-order chi connectivity index (χ1) is 14.1. The van der Waals surface area contributed by atoms with Gasteiger partial charge in [-0.1, -0.05) is 6.07 Å². The number of imidazole rings is 1. The Hall–Kier alpha value is -3.22. The second kappa shape index (κ2) is 8.03. The molecule has 0 spiro atoms. The van der Waals surface area contributed by atoms with Crippen LogP contribution in [0.1, 0.15) is 31.7 Å². The molecule has 1 heterocycles. The van der Waals surface area contributed by atoms with Crippen molar-refractivity contribution in [3.8, 4) is 11.5 Å². The highest BCUT2D eigenvalue weighted by Gasteiger charge is 2.29. The van der Waals surface area contributed by atoms with Crippen LogP contribution in [0.5, 0.6) is 11.5 Å². The van der Waals surface area contributed by atoms with Crippen LogP contribution in [0, 0.1) is 5.92 Å². The van der Waals surface area contributed by atoms with Gasteiger partial charge in [-0.2, -0.15) is 0 Å². The lowest BCUT2D eigenvalue weighted by molar-refractivity contribution is -0.121. The largest absolute Gasteiger partial charge is 0.497 e. The van der Waals surface area contributed by atoms with Crippen LogP contribution >= 0.6 is 0 Å². The Bertz CT molecular complexity index is 1060. The summed E-state index contributed by atoms with van der Waals surface area (Å²) in [6.45, 7) is 0. The van der Waals surface area contributed by atoms with Gasteiger partial charge in [-0.15, -0.1) is 0 Å². The lowest BCUT2D eigenvalue weighted by Crippen LogP contribution is -2.31. The summed E-state index contributed by atoms with van der Waals surface area (Å²) in [5, 5.41) is 2.98. The zero-order valence-electron chi connectivity index (χ0n) is 16.6. The fraction of sp³-hybridized carbons (Fsp3) is 0.364. The van der Waals surface area contributed by atoms with Crippen molar-refractivity contribution in [3.63, 3.8) is 0 Å². The van der Waals surface area contributed by atoms with E-state index in [0.717, 1.165) is 48.2 Å². The lowest BCUT2D eigenvalue weighted by Gasteiger charge is -2.28. The van der Waals surface area contributed by atoms with Crippen LogP contribution in [0.4, 0.5) is 5.69 Å². The molecular formula is C22H25N3O4. The molecule has 3 aromatic rings. The van der Waals surface area contributed by atoms with Gasteiger partial charge in [0.25, 0.3) is 0 Å². The quantitative estimate of drug-likeness (QED) is 0.690. The van der Waals surface area contributed by atoms with Crippen molar-refractivity contribution in [2.75, 3.05) is 19.5 Å². The molecule has 7 nitrogen and oxygen atoms in total. The smallest absolute Gasteiger partial charge is 0.326 e. The molecule has 0 aliphatic heterocycles. The maximum absolute atomic E-state index is 12.6. The lowest BCUT2D eigenvalue weighted by atomic mass is 9.85. The number of nitrogens with one attached hydrogen (secondary N) is 2. The second-order valence-corrected chi connectivity index (χ2v) is 7.38. The van der Waals surface area contributed by atoms with Crippen LogP contribution < -0.4 is 20.5 Å². The molecule has 0 radical (unpaired) electrons. The first-order valence-electron chi connectivity index (χ1n) is 9.83. The molecule has 2 aromatic carbocycles. The van der Waals surface area contributed by atoms with Crippen molar-refractivity contribution in [2.45, 2.75) is 31.7 Å². The average molecular weight is 395 g/mol. The van der Waals surface area contributed by atoms with Gasteiger partial charge in [0, 0.05) is 17.6 Å². The van der Waals surface area contributed by atoms with Crippen LogP contribution in [-0.4, -0.2) is 29.7 Å². The van der Waals surface area contributed by atoms with Crippen molar-refractivity contribution in [1.82, 2.24) is 9.55 Å². The standard InChI is InChI=1S/C22H25N3O4/c1-28-17-12-8-15(9-13-17)23-21(26)14-6-10-16(11-7-14)25-18-4-3-5-19(29-2)20(18)24-22(25)27/h3-5,8-9,12-14,16H,6-7,10-11H2,1-2H3,(H,23,26)(H,24,27)/t14-,16+. The minimum absolute atomic E-state index is 0.0292. The molecule has 1 aromatic heterocycles. The summed E-state index contributed by atoms with van der Waals surface area (Å²) in [6.07, 6.45) is 3.06. The number of anilines is 1. The Kier molecular flexibility index (Phi) is 5.29. The maximum atomic E-state index is 12.6. The number of aromatic nitrogens is 2. The number of H-pyrrole nitrogens is 1. The molecule has 152 valence electrons. The number of nitrogens with zero attached hydrogens (tertiary/aromatic N) is 1. The Balaban J connectivity index is 1.44. The first-order valence-corrected chi connectivity index (χ1v) is 9.83. The van der Waals surface area contributed by atoms with Gasteiger partial charge in [0.05, 0.1) is 19.7 Å². The normalized spacial score (nSPS) is 19.1. The molecule has 2 N–H and O–H groups in total. The molecule has 0 saturated heterocycles. The summed E-state index contributed by atoms with van der Waals surface area (Å²) in [4.78, 5) is 28.1. The molecule has 7 heteroatoms. The van der Waals surface area contributed by atoms with E-state index >= 15 is 0 Å². The predicted molar refractivity (Wildman–Crippen MR) is 112 cm³/mol. The predicted octanol–water partition coefficient (Wildman–Crippen LogP) is 3.72. The highest BCUT2D eigenvalue weighted by molar-refractivity contribution is 5.92. The Morgan fingerprint density at radius 1 is 1.03 bits per heavy atom. The monoisotopic (exact) mass is 395 g/mol. The SMILES string of the molecule is COc1ccc(NC(=O)[C@H]2CC[C@@H](n3c(=O)[nH]c4c(OC)cccc43)CC2)cc1. The number of rotatable bonds is 5. The summed E-state index contributed by atoms with van der Waals surface area (Å²) >= 11 is 0. The zero-order valence-corrected chi connectivity index (χ0v) is 16.6. The second-order valence-electron chi connectivity index (χ2n) is 7.38. The molecule has 0 atom stereocenters. The summed E-state index contributed by atoms with van der Waals surface area (Å²) in [7, 11) is 3.21. The van der Waals surface area contributed by atoms with E-state index in [4.69, 9.17) is 9.47 Å². The van der Waals surface area contributed by atoms with Crippen LogP contribution in [-0.2, 0) is 4.79 Å². The van der Waals surface area contributed by atoms with Gasteiger partial charge in [0.2, 0.25) is 5.91 Å². The third-order valence-corrected chi connectivity index (χ3v) is 5.72. The van der Waals surface area contributed by atoms with E-state index in [1.165, 1.54) is 0 Å². The number of carbonyl (C=O) groups is 1. The first kappa shape index (κ1) is 19.1. The topological polar surface area (TPSA) is 85.4 Å². The minimum atomic E-state index is -0.129. The molecule has 29 heavy (non-hydrogen) atoms. The molecule has 1 fully saturated rings. The number of benzene rings is 2. The molecule has 0 bridgehead atoms. The zero-order chi connectivity index (χ0) is 20.4. The number of ether oxygens (including phenoxy) is 2. The molecule has 1 amide bonds. The van der Waals surface area contributed by atoms with Crippen LogP contribution in [0.2, 0.25) is 0 Å². The van der Waals surface area contributed by atoms with Gasteiger partial charge in [-0.3, -0.25) is 9.36 Å². The van der Waals surface area contributed by atoms with Crippen LogP contribution in [0.25, 0.3) is 11.0 Å². The molecule has 1 aliphatic rings. The number of methoxy groups -OCH3 is 2. The van der Waals surface area contributed by atoms with Gasteiger partial charge in [0.1, 0.15) is 17.0 Å². The number of para-hydroxylation sites is 1. The van der Waals surface area contributed by atoms with Crippen molar-refractivity contribution in [3.05, 3.63) is 52.9 Å². The van der Waals surface area contributed by atoms with Crippen molar-refractivity contribution in [2.24, 2.45) is 5.92 Å². The highest BCUT2D eigenvalue weighted by atomic mass is 16.5. The van der Waals surface area contributed by atoms with E-state index in [9.17, 15) is 9.59 Å². The number of aromatic amines is 1. The number of hydrogen-bond acceptors (Lipinski definition) is 4. The number of hydrogen-bond donors (Lipinski definition) is 2. The third-order valence-electron chi connectivity index (χ3n) is 5.72. The fourth-order valence-corrected chi connectivity index (χ4v) is 4.17. The molecular weight excluding hydrogens is 370 g/mol. The molecule has 4 rings (SSSR count). The van der Waals surface area contributed by atoms with Gasteiger partial charge in [-0.25, -0.2) is 4.79 Å². The Labute approximate surface area is 168 Å². The Morgan fingerprint density at radius 2 is 1.76 bits per heavy atom. The number of amides is 1. The summed E-state index contributed by atoms with van der Waals surface area (Å²) in [6, 6.07) is 13.0. The van der Waals surface area contributed by atoms with Crippen LogP contribution in [0.3, 0.4) is 0 Å². The van der Waals surface area contributed by atoms with Gasteiger partial charge in [-0.05, 0) is 62.1 Å². The number of fused-ring (bicyclic) bond motifs is 1. The van der Waals surface area contributed by atoms with Crippen molar-refractivity contribution < 1.29 is 14.3 Å². The number of carbonyl (C=O) groups excluding carboxylic acids is 1. The molecule has 0 unspecified atom stereocenters. The Morgan fingerprint density at radius 3 is 2.41 bits per heavy atom. The molecule has 1 aliphatic carbocycles. The molecule has 1 saturated carbocycles. The van der Waals surface area contributed by atoms with Gasteiger partial charge < -0.3 is 19.8 Å². The minimum Gasteiger partial charge on any atom is -0.497 e. The van der Waals surface area contributed by atoms with E-state index in [1.807, 2.05) is 47.0 Å². The maximum Gasteiger partial charge on any atom is 0.326 e. The van der Waals surface area contributed by atoms with Crippen LogP contribution in [0.15, 0.2) is 47.3 Å². The van der Waals surface area contributed by atoms with E-state index in [2.05, 4.69) is 10.3 Å². The fourth-order valence-electron chi connectivity index (χ4n) is 4.17. The highest BCUT2D eigenvalue weighted by Crippen LogP contribution is 2.35. The summed E-state index contributed by atoms with van der Waals surface area (Å²) < 4.78 is 12.3. The van der Waals surface area contributed by atoms with Crippen molar-refractivity contribution in [1.29, 1.82) is 0 Å². The van der Waals surface area contributed by atoms with Gasteiger partial charge >= 0.3 is 5.69 Å². The average Bonchev–Trinajstić information content (AvgIpc) is 3.10. The van der Waals surface area contributed by atoms with E-state index in [0.29, 0.717) is 5.75 Å².